The van der Waals surface area contributed by atoms with Crippen molar-refractivity contribution in [2.24, 2.45) is 0 Å². The van der Waals surface area contributed by atoms with Crippen molar-refractivity contribution in [1.82, 2.24) is 0 Å². The highest BCUT2D eigenvalue weighted by Gasteiger charge is 2.19. The molecule has 6 nitrogen and oxygen atoms in total. The zero-order chi connectivity index (χ0) is 55.7. The molecular weight excluding hydrogens is 949 g/mol. The second-order valence-electron chi connectivity index (χ2n) is 22.0. The van der Waals surface area contributed by atoms with Crippen LogP contribution in [0, 0.1) is 0 Å². The quantitative estimate of drug-likeness (QED) is 0.0261. The SMILES string of the molecule is CCC/C=C\C/C=C\CCCCCCCC(=O)OCC(COC(=O)CCCCCCCCCCCCCCCCC/C=C\C/C=C\CCCCCCC)OC(=O)CCCCCCCC/C=C\C/C=C\C/C=C\CCCCC. The third-order valence-electron chi connectivity index (χ3n) is 14.3. The van der Waals surface area contributed by atoms with Gasteiger partial charge in [-0.25, -0.2) is 0 Å². The number of hydrogen-bond donors (Lipinski definition) is 0. The molecule has 0 aliphatic heterocycles. The van der Waals surface area contributed by atoms with Crippen molar-refractivity contribution in [2.75, 3.05) is 13.2 Å². The van der Waals surface area contributed by atoms with E-state index in [2.05, 4.69) is 106 Å². The van der Waals surface area contributed by atoms with E-state index in [1.165, 1.54) is 167 Å². The van der Waals surface area contributed by atoms with E-state index in [0.29, 0.717) is 19.3 Å². The number of unbranched alkanes of at least 4 members (excludes halogenated alkanes) is 35. The molecule has 0 heterocycles. The monoisotopic (exact) mass is 1070 g/mol. The zero-order valence-corrected chi connectivity index (χ0v) is 51.0. The average Bonchev–Trinajstić information content (AvgIpc) is 3.43. The summed E-state index contributed by atoms with van der Waals surface area (Å²) in [5.74, 6) is -0.900. The molecule has 0 aromatic carbocycles. The third-order valence-corrected chi connectivity index (χ3v) is 14.3. The minimum Gasteiger partial charge on any atom is -0.462 e. The Bertz CT molecular complexity index is 1470. The van der Waals surface area contributed by atoms with Crippen LogP contribution in [0.2, 0.25) is 0 Å². The first kappa shape index (κ1) is 73.6. The van der Waals surface area contributed by atoms with Crippen molar-refractivity contribution in [1.29, 1.82) is 0 Å². The van der Waals surface area contributed by atoms with E-state index in [1.54, 1.807) is 0 Å². The Kier molecular flexibility index (Phi) is 62.2. The largest absolute Gasteiger partial charge is 0.462 e. The summed E-state index contributed by atoms with van der Waals surface area (Å²) in [5, 5.41) is 0. The summed E-state index contributed by atoms with van der Waals surface area (Å²) in [6.07, 6.45) is 86.0. The first-order valence-corrected chi connectivity index (χ1v) is 33.1. The molecule has 0 bridgehead atoms. The van der Waals surface area contributed by atoms with E-state index in [1.807, 2.05) is 0 Å². The molecule has 0 saturated carbocycles. The maximum absolute atomic E-state index is 12.9. The van der Waals surface area contributed by atoms with Gasteiger partial charge in [0.2, 0.25) is 0 Å². The Morgan fingerprint density at radius 3 is 0.805 bits per heavy atom. The van der Waals surface area contributed by atoms with Gasteiger partial charge in [-0.3, -0.25) is 14.4 Å². The number of esters is 3. The Balaban J connectivity index is 4.29. The molecule has 0 N–H and O–H groups in total. The summed E-state index contributed by atoms with van der Waals surface area (Å²) < 4.78 is 16.9. The number of allylic oxidation sites excluding steroid dienone is 14. The van der Waals surface area contributed by atoms with Crippen LogP contribution in [0.1, 0.15) is 329 Å². The zero-order valence-electron chi connectivity index (χ0n) is 51.0. The fraction of sp³-hybridized carbons (Fsp3) is 0.761. The van der Waals surface area contributed by atoms with Crippen molar-refractivity contribution in [2.45, 2.75) is 335 Å². The van der Waals surface area contributed by atoms with Gasteiger partial charge in [-0.1, -0.05) is 279 Å². The molecule has 0 amide bonds. The van der Waals surface area contributed by atoms with Crippen LogP contribution in [0.15, 0.2) is 85.1 Å². The van der Waals surface area contributed by atoms with Crippen molar-refractivity contribution in [3.63, 3.8) is 0 Å². The van der Waals surface area contributed by atoms with Crippen molar-refractivity contribution in [3.05, 3.63) is 85.1 Å². The van der Waals surface area contributed by atoms with Gasteiger partial charge in [-0.15, -0.1) is 0 Å². The van der Waals surface area contributed by atoms with Crippen molar-refractivity contribution < 1.29 is 28.6 Å². The van der Waals surface area contributed by atoms with Gasteiger partial charge in [0.25, 0.3) is 0 Å². The van der Waals surface area contributed by atoms with Crippen LogP contribution in [-0.4, -0.2) is 37.2 Å². The molecular formula is C71H124O6. The van der Waals surface area contributed by atoms with Gasteiger partial charge in [-0.2, -0.15) is 0 Å². The summed E-state index contributed by atoms with van der Waals surface area (Å²) in [5.41, 5.74) is 0. The van der Waals surface area contributed by atoms with Crippen LogP contribution in [0.25, 0.3) is 0 Å². The predicted molar refractivity (Wildman–Crippen MR) is 334 cm³/mol. The number of ether oxygens (including phenoxy) is 3. The molecule has 0 aromatic rings. The Morgan fingerprint density at radius 2 is 0.494 bits per heavy atom. The van der Waals surface area contributed by atoms with Crippen molar-refractivity contribution in [3.8, 4) is 0 Å². The minimum atomic E-state index is -0.790. The van der Waals surface area contributed by atoms with Gasteiger partial charge in [0.1, 0.15) is 13.2 Å². The fourth-order valence-electron chi connectivity index (χ4n) is 9.34. The maximum atomic E-state index is 12.9. The summed E-state index contributed by atoms with van der Waals surface area (Å²) in [7, 11) is 0. The van der Waals surface area contributed by atoms with Gasteiger partial charge < -0.3 is 14.2 Å². The van der Waals surface area contributed by atoms with E-state index < -0.39 is 6.10 Å². The maximum Gasteiger partial charge on any atom is 0.306 e. The Morgan fingerprint density at radius 1 is 0.260 bits per heavy atom. The van der Waals surface area contributed by atoms with E-state index in [0.717, 1.165) is 122 Å². The lowest BCUT2D eigenvalue weighted by molar-refractivity contribution is -0.167. The second kappa shape index (κ2) is 65.1. The number of rotatable bonds is 60. The molecule has 0 aliphatic carbocycles. The van der Waals surface area contributed by atoms with E-state index in [4.69, 9.17) is 14.2 Å². The van der Waals surface area contributed by atoms with Crippen LogP contribution in [-0.2, 0) is 28.6 Å². The number of carbonyl (C=O) groups excluding carboxylic acids is 3. The minimum absolute atomic E-state index is 0.0851. The van der Waals surface area contributed by atoms with Gasteiger partial charge in [0.05, 0.1) is 0 Å². The highest BCUT2D eigenvalue weighted by Crippen LogP contribution is 2.16. The standard InChI is InChI=1S/C71H124O6/c1-4-7-10-13-16-19-22-25-27-29-31-32-33-34-35-36-37-38-40-41-43-46-49-52-55-58-61-64-70(73)76-67-68(66-75-69(72)63-60-57-54-51-48-45-24-21-18-15-12-9-6-3)77-71(74)65-62-59-56-53-50-47-44-42-39-30-28-26-23-20-17-14-11-8-5-2/h12,15,17,20-22,24-26,28-29,31,39,42,68H,4-11,13-14,16,18-19,23,27,30,32-38,40-41,43-67H2,1-3H3/b15-12-,20-17-,24-21-,25-22-,28-26-,31-29-,42-39-. The lowest BCUT2D eigenvalue weighted by Crippen LogP contribution is -2.30. The summed E-state index contributed by atoms with van der Waals surface area (Å²) in [6.45, 7) is 6.55. The molecule has 0 spiro atoms. The molecule has 1 atom stereocenters. The molecule has 1 unspecified atom stereocenters. The normalized spacial score (nSPS) is 12.6. The first-order valence-electron chi connectivity index (χ1n) is 33.1. The highest BCUT2D eigenvalue weighted by atomic mass is 16.6. The molecule has 0 saturated heterocycles. The van der Waals surface area contributed by atoms with Gasteiger partial charge in [-0.05, 0) is 116 Å². The van der Waals surface area contributed by atoms with E-state index in [-0.39, 0.29) is 31.1 Å². The molecule has 0 aliphatic rings. The lowest BCUT2D eigenvalue weighted by Gasteiger charge is -2.18. The molecule has 0 aromatic heterocycles. The average molecular weight is 1070 g/mol. The van der Waals surface area contributed by atoms with E-state index in [9.17, 15) is 14.4 Å². The number of hydrogen-bond acceptors (Lipinski definition) is 6. The first-order chi connectivity index (χ1) is 38.0. The van der Waals surface area contributed by atoms with E-state index >= 15 is 0 Å². The van der Waals surface area contributed by atoms with Gasteiger partial charge in [0, 0.05) is 19.3 Å². The Labute approximate surface area is 477 Å². The molecule has 0 rings (SSSR count). The molecule has 444 valence electrons. The number of carbonyl (C=O) groups is 3. The van der Waals surface area contributed by atoms with Gasteiger partial charge in [0.15, 0.2) is 6.10 Å². The highest BCUT2D eigenvalue weighted by molar-refractivity contribution is 5.71. The second-order valence-corrected chi connectivity index (χ2v) is 22.0. The smallest absolute Gasteiger partial charge is 0.306 e. The topological polar surface area (TPSA) is 78.9 Å². The van der Waals surface area contributed by atoms with Crippen molar-refractivity contribution >= 4 is 17.9 Å². The Hall–Kier alpha value is -3.41. The molecule has 77 heavy (non-hydrogen) atoms. The molecule has 0 fully saturated rings. The third kappa shape index (κ3) is 63.3. The van der Waals surface area contributed by atoms with Crippen LogP contribution in [0.3, 0.4) is 0 Å². The predicted octanol–water partition coefficient (Wildman–Crippen LogP) is 22.7. The fourth-order valence-corrected chi connectivity index (χ4v) is 9.34. The summed E-state index contributed by atoms with van der Waals surface area (Å²) in [4.78, 5) is 38.3. The van der Waals surface area contributed by atoms with Crippen LogP contribution < -0.4 is 0 Å². The summed E-state index contributed by atoms with van der Waals surface area (Å²) >= 11 is 0. The van der Waals surface area contributed by atoms with Crippen LogP contribution >= 0.6 is 0 Å². The van der Waals surface area contributed by atoms with Crippen LogP contribution in [0.4, 0.5) is 0 Å². The lowest BCUT2D eigenvalue weighted by atomic mass is 10.0. The summed E-state index contributed by atoms with van der Waals surface area (Å²) in [6, 6.07) is 0. The van der Waals surface area contributed by atoms with Gasteiger partial charge >= 0.3 is 17.9 Å². The molecule has 6 heteroatoms. The molecule has 0 radical (unpaired) electrons. The van der Waals surface area contributed by atoms with Crippen LogP contribution in [0.5, 0.6) is 0 Å².